The molecule has 0 aromatic carbocycles. The van der Waals surface area contributed by atoms with Gasteiger partial charge in [0.25, 0.3) is 5.91 Å². The van der Waals surface area contributed by atoms with Crippen LogP contribution in [0.3, 0.4) is 0 Å². The van der Waals surface area contributed by atoms with Crippen LogP contribution in [-0.4, -0.2) is 28.7 Å². The second-order valence-electron chi connectivity index (χ2n) is 5.02. The van der Waals surface area contributed by atoms with E-state index in [2.05, 4.69) is 21.2 Å². The maximum Gasteiger partial charge on any atom is 0.268 e. The topological polar surface area (TPSA) is 43.3 Å². The highest BCUT2D eigenvalue weighted by Crippen LogP contribution is 2.34. The molecule has 3 atom stereocenters. The molecule has 0 spiro atoms. The highest BCUT2D eigenvalue weighted by molar-refractivity contribution is 9.10. The van der Waals surface area contributed by atoms with E-state index in [0.29, 0.717) is 11.8 Å². The van der Waals surface area contributed by atoms with Gasteiger partial charge in [-0.3, -0.25) is 4.79 Å². The molecule has 1 N–H and O–H groups in total. The van der Waals surface area contributed by atoms with E-state index in [1.54, 1.807) is 0 Å². The number of nitrogens with one attached hydrogen (secondary N) is 1. The van der Waals surface area contributed by atoms with Crippen molar-refractivity contribution in [3.8, 4) is 0 Å². The number of carbonyl (C=O) groups is 1. The molecule has 1 amide bonds. The number of aromatic nitrogens is 1. The molecule has 1 aromatic heterocycles. The fourth-order valence-corrected chi connectivity index (χ4v) is 3.42. The zero-order valence-corrected chi connectivity index (χ0v) is 11.9. The van der Waals surface area contributed by atoms with E-state index in [1.807, 2.05) is 23.8 Å². The Morgan fingerprint density at radius 3 is 3.06 bits per heavy atom. The van der Waals surface area contributed by atoms with Gasteiger partial charge in [0.05, 0.1) is 18.2 Å². The van der Waals surface area contributed by atoms with Gasteiger partial charge < -0.3 is 14.6 Å². The van der Waals surface area contributed by atoms with Crippen LogP contribution >= 0.6 is 15.9 Å². The van der Waals surface area contributed by atoms with Crippen molar-refractivity contribution in [2.24, 2.45) is 0 Å². The summed E-state index contributed by atoms with van der Waals surface area (Å²) in [5.74, 6) is 0.00343. The molecule has 2 bridgehead atoms. The molecule has 3 rings (SSSR count). The fraction of sp³-hybridized carbons (Fsp3) is 0.615. The Kier molecular flexibility index (Phi) is 3.20. The van der Waals surface area contributed by atoms with Crippen LogP contribution in [0.2, 0.25) is 0 Å². The molecule has 2 aliphatic heterocycles. The van der Waals surface area contributed by atoms with Crippen LogP contribution in [0.5, 0.6) is 0 Å². The predicted molar refractivity (Wildman–Crippen MR) is 71.6 cm³/mol. The summed E-state index contributed by atoms with van der Waals surface area (Å²) in [4.78, 5) is 12.3. The molecule has 4 nitrogen and oxygen atoms in total. The van der Waals surface area contributed by atoms with E-state index >= 15 is 0 Å². The first-order valence-electron chi connectivity index (χ1n) is 6.49. The molecule has 98 valence electrons. The molecule has 18 heavy (non-hydrogen) atoms. The predicted octanol–water partition coefficient (Wildman–Crippen LogP) is 2.32. The van der Waals surface area contributed by atoms with Gasteiger partial charge in [-0.1, -0.05) is 0 Å². The first-order valence-corrected chi connectivity index (χ1v) is 7.28. The quantitative estimate of drug-likeness (QED) is 0.931. The molecule has 2 aliphatic rings. The maximum atomic E-state index is 12.3. The van der Waals surface area contributed by atoms with E-state index in [1.165, 1.54) is 0 Å². The van der Waals surface area contributed by atoms with Crippen LogP contribution in [0.15, 0.2) is 16.7 Å². The van der Waals surface area contributed by atoms with Crippen molar-refractivity contribution in [2.45, 2.75) is 51.0 Å². The summed E-state index contributed by atoms with van der Waals surface area (Å²) < 4.78 is 8.65. The lowest BCUT2D eigenvalue weighted by Crippen LogP contribution is -2.42. The standard InChI is InChI=1S/C13H17BrN2O2/c1-2-16-7-8(14)5-11(16)13(17)15-10-6-9-3-4-12(10)18-9/h5,7,9-10,12H,2-4,6H2,1H3,(H,15,17). The monoisotopic (exact) mass is 312 g/mol. The van der Waals surface area contributed by atoms with Gasteiger partial charge in [0, 0.05) is 17.2 Å². The Balaban J connectivity index is 1.71. The molecular formula is C13H17BrN2O2. The zero-order valence-electron chi connectivity index (χ0n) is 10.4. The summed E-state index contributed by atoms with van der Waals surface area (Å²) in [7, 11) is 0. The summed E-state index contributed by atoms with van der Waals surface area (Å²) in [6, 6.07) is 2.06. The lowest BCUT2D eigenvalue weighted by atomic mass is 9.95. The Hall–Kier alpha value is -0.810. The number of halogens is 1. The largest absolute Gasteiger partial charge is 0.373 e. The summed E-state index contributed by atoms with van der Waals surface area (Å²) in [6.07, 6.45) is 5.72. The number of hydrogen-bond acceptors (Lipinski definition) is 2. The lowest BCUT2D eigenvalue weighted by molar-refractivity contribution is 0.0834. The minimum atomic E-state index is 0.00343. The number of rotatable bonds is 3. The first kappa shape index (κ1) is 12.2. The summed E-state index contributed by atoms with van der Waals surface area (Å²) in [5.41, 5.74) is 0.715. The first-order chi connectivity index (χ1) is 8.67. The van der Waals surface area contributed by atoms with Crippen LogP contribution in [-0.2, 0) is 11.3 Å². The summed E-state index contributed by atoms with van der Waals surface area (Å²) >= 11 is 3.41. The number of amides is 1. The van der Waals surface area contributed by atoms with Crippen molar-refractivity contribution in [1.29, 1.82) is 0 Å². The molecule has 5 heteroatoms. The third-order valence-corrected chi connectivity index (χ3v) is 4.29. The molecule has 3 unspecified atom stereocenters. The fourth-order valence-electron chi connectivity index (χ4n) is 2.96. The van der Waals surface area contributed by atoms with Gasteiger partial charge in [0.1, 0.15) is 5.69 Å². The Morgan fingerprint density at radius 1 is 1.61 bits per heavy atom. The molecule has 2 fully saturated rings. The summed E-state index contributed by atoms with van der Waals surface area (Å²) in [5, 5.41) is 3.11. The number of aryl methyl sites for hydroxylation is 1. The molecule has 0 radical (unpaired) electrons. The lowest BCUT2D eigenvalue weighted by Gasteiger charge is -2.20. The Bertz CT molecular complexity index is 472. The van der Waals surface area contributed by atoms with Gasteiger partial charge in [-0.15, -0.1) is 0 Å². The zero-order chi connectivity index (χ0) is 12.7. The normalized spacial score (nSPS) is 29.8. The molecule has 0 aliphatic carbocycles. The molecular weight excluding hydrogens is 296 g/mol. The maximum absolute atomic E-state index is 12.3. The second kappa shape index (κ2) is 4.70. The van der Waals surface area contributed by atoms with Crippen LogP contribution < -0.4 is 5.32 Å². The second-order valence-corrected chi connectivity index (χ2v) is 5.93. The average molecular weight is 313 g/mol. The Morgan fingerprint density at radius 2 is 2.44 bits per heavy atom. The van der Waals surface area contributed by atoms with Crippen molar-refractivity contribution in [3.63, 3.8) is 0 Å². The van der Waals surface area contributed by atoms with Gasteiger partial charge in [0.2, 0.25) is 0 Å². The highest BCUT2D eigenvalue weighted by Gasteiger charge is 2.41. The van der Waals surface area contributed by atoms with E-state index in [9.17, 15) is 4.79 Å². The van der Waals surface area contributed by atoms with Gasteiger partial charge in [-0.2, -0.15) is 0 Å². The van der Waals surface area contributed by atoms with Gasteiger partial charge >= 0.3 is 0 Å². The Labute approximate surface area is 115 Å². The molecule has 3 heterocycles. The van der Waals surface area contributed by atoms with Crippen molar-refractivity contribution in [3.05, 3.63) is 22.4 Å². The van der Waals surface area contributed by atoms with Crippen molar-refractivity contribution in [1.82, 2.24) is 9.88 Å². The highest BCUT2D eigenvalue weighted by atomic mass is 79.9. The number of fused-ring (bicyclic) bond motifs is 2. The van der Waals surface area contributed by atoms with Crippen LogP contribution in [0, 0.1) is 0 Å². The molecule has 2 saturated heterocycles. The van der Waals surface area contributed by atoms with Crippen molar-refractivity contribution in [2.75, 3.05) is 0 Å². The van der Waals surface area contributed by atoms with E-state index < -0.39 is 0 Å². The molecule has 0 saturated carbocycles. The van der Waals surface area contributed by atoms with Gasteiger partial charge in [-0.05, 0) is 48.2 Å². The number of ether oxygens (including phenoxy) is 1. The van der Waals surface area contributed by atoms with Crippen LogP contribution in [0.25, 0.3) is 0 Å². The van der Waals surface area contributed by atoms with E-state index in [4.69, 9.17) is 4.74 Å². The van der Waals surface area contributed by atoms with Crippen molar-refractivity contribution < 1.29 is 9.53 Å². The average Bonchev–Trinajstić information content (AvgIpc) is 3.02. The SMILES string of the molecule is CCn1cc(Br)cc1C(=O)NC1CC2CCC1O2. The number of carbonyl (C=O) groups excluding carboxylic acids is 1. The third-order valence-electron chi connectivity index (χ3n) is 3.86. The smallest absolute Gasteiger partial charge is 0.268 e. The third kappa shape index (κ3) is 2.10. The van der Waals surface area contributed by atoms with Crippen LogP contribution in [0.4, 0.5) is 0 Å². The minimum absolute atomic E-state index is 0.00343. The number of nitrogens with zero attached hydrogens (tertiary/aromatic N) is 1. The number of hydrogen-bond donors (Lipinski definition) is 1. The van der Waals surface area contributed by atoms with E-state index in [-0.39, 0.29) is 18.1 Å². The van der Waals surface area contributed by atoms with Crippen molar-refractivity contribution >= 4 is 21.8 Å². The molecule has 1 aromatic rings. The van der Waals surface area contributed by atoms with E-state index in [0.717, 1.165) is 30.3 Å². The minimum Gasteiger partial charge on any atom is -0.373 e. The van der Waals surface area contributed by atoms with Gasteiger partial charge in [0.15, 0.2) is 0 Å². The van der Waals surface area contributed by atoms with Crippen LogP contribution in [0.1, 0.15) is 36.7 Å². The summed E-state index contributed by atoms with van der Waals surface area (Å²) in [6.45, 7) is 2.82. The van der Waals surface area contributed by atoms with Gasteiger partial charge in [-0.25, -0.2) is 0 Å².